The Hall–Kier alpha value is -3.45. The number of nitrogens with one attached hydrogen (secondary N) is 1. The predicted octanol–water partition coefficient (Wildman–Crippen LogP) is 3.70. The molecule has 2 aromatic heterocycles. The molecule has 152 valence electrons. The van der Waals surface area contributed by atoms with Crippen LogP contribution in [0.4, 0.5) is 0 Å². The number of hydrogen-bond acceptors (Lipinski definition) is 5. The van der Waals surface area contributed by atoms with E-state index in [0.29, 0.717) is 27.5 Å². The van der Waals surface area contributed by atoms with E-state index in [1.807, 2.05) is 6.07 Å². The summed E-state index contributed by atoms with van der Waals surface area (Å²) in [4.78, 5) is 31.5. The van der Waals surface area contributed by atoms with Crippen molar-refractivity contribution in [1.29, 1.82) is 0 Å². The van der Waals surface area contributed by atoms with E-state index in [-0.39, 0.29) is 17.9 Å². The molecule has 3 aromatic rings. The summed E-state index contributed by atoms with van der Waals surface area (Å²) in [5.74, 6) is -1.67. The van der Waals surface area contributed by atoms with Gasteiger partial charge in [-0.1, -0.05) is 29.8 Å². The first-order valence-corrected chi connectivity index (χ1v) is 9.71. The predicted molar refractivity (Wildman–Crippen MR) is 112 cm³/mol. The second-order valence-corrected chi connectivity index (χ2v) is 7.59. The molecule has 0 unspecified atom stereocenters. The van der Waals surface area contributed by atoms with Gasteiger partial charge < -0.3 is 10.0 Å². The van der Waals surface area contributed by atoms with Crippen molar-refractivity contribution in [2.45, 2.75) is 26.4 Å². The lowest BCUT2D eigenvalue weighted by atomic mass is 9.94. The molecule has 1 aliphatic rings. The van der Waals surface area contributed by atoms with Crippen LogP contribution in [-0.4, -0.2) is 36.9 Å². The lowest BCUT2D eigenvalue weighted by Gasteiger charge is -2.25. The quantitative estimate of drug-likeness (QED) is 0.379. The molecule has 0 bridgehead atoms. The molecule has 2 N–H and O–H groups in total. The van der Waals surface area contributed by atoms with E-state index in [1.165, 1.54) is 4.90 Å². The van der Waals surface area contributed by atoms with Gasteiger partial charge in [-0.25, -0.2) is 0 Å². The van der Waals surface area contributed by atoms with Crippen molar-refractivity contribution >= 4 is 29.1 Å². The Morgan fingerprint density at radius 3 is 2.53 bits per heavy atom. The molecule has 1 atom stereocenters. The summed E-state index contributed by atoms with van der Waals surface area (Å²) in [6.45, 7) is 3.64. The van der Waals surface area contributed by atoms with Crippen LogP contribution >= 0.6 is 11.6 Å². The van der Waals surface area contributed by atoms with Crippen LogP contribution in [0.5, 0.6) is 0 Å². The molecule has 1 aromatic carbocycles. The smallest absolute Gasteiger partial charge is 0.295 e. The number of aryl methyl sites for hydroxylation is 2. The van der Waals surface area contributed by atoms with E-state index in [2.05, 4.69) is 15.2 Å². The monoisotopic (exact) mass is 422 g/mol. The van der Waals surface area contributed by atoms with Gasteiger partial charge in [-0.05, 0) is 43.2 Å². The third-order valence-electron chi connectivity index (χ3n) is 5.17. The van der Waals surface area contributed by atoms with Crippen LogP contribution < -0.4 is 0 Å². The van der Waals surface area contributed by atoms with Crippen LogP contribution in [0.25, 0.3) is 5.76 Å². The number of pyridine rings is 1. The summed E-state index contributed by atoms with van der Waals surface area (Å²) in [5.41, 5.74) is 3.04. The molecule has 1 fully saturated rings. The lowest BCUT2D eigenvalue weighted by Crippen LogP contribution is -2.29. The van der Waals surface area contributed by atoms with Crippen LogP contribution in [0, 0.1) is 13.8 Å². The molecule has 0 radical (unpaired) electrons. The van der Waals surface area contributed by atoms with Crippen LogP contribution in [0.2, 0.25) is 5.02 Å². The number of likely N-dealkylation sites (tertiary alicyclic amines) is 1. The average Bonchev–Trinajstić information content (AvgIpc) is 3.20. The molecular weight excluding hydrogens is 404 g/mol. The summed E-state index contributed by atoms with van der Waals surface area (Å²) >= 11 is 6.03. The van der Waals surface area contributed by atoms with E-state index in [1.54, 1.807) is 56.6 Å². The van der Waals surface area contributed by atoms with Crippen molar-refractivity contribution in [3.05, 3.63) is 87.5 Å². The Bertz CT molecular complexity index is 1130. The molecule has 8 heteroatoms. The third kappa shape index (κ3) is 3.37. The summed E-state index contributed by atoms with van der Waals surface area (Å²) < 4.78 is 0. The molecule has 30 heavy (non-hydrogen) atoms. The molecule has 4 rings (SSSR count). The maximum absolute atomic E-state index is 13.0. The number of ketones is 1. The molecule has 1 amide bonds. The van der Waals surface area contributed by atoms with Crippen LogP contribution in [0.15, 0.2) is 54.4 Å². The fourth-order valence-electron chi connectivity index (χ4n) is 3.76. The molecule has 7 nitrogen and oxygen atoms in total. The fraction of sp³-hybridized carbons (Fsp3) is 0.182. The number of Topliss-reactive ketones (excluding diaryl/α,β-unsaturated/α-hetero) is 1. The number of H-pyrrole nitrogens is 1. The molecule has 3 heterocycles. The summed E-state index contributed by atoms with van der Waals surface area (Å²) in [7, 11) is 0. The minimum atomic E-state index is -0.767. The Morgan fingerprint density at radius 2 is 1.93 bits per heavy atom. The molecular formula is C22H19ClN4O3. The van der Waals surface area contributed by atoms with Crippen molar-refractivity contribution in [3.8, 4) is 0 Å². The topological polar surface area (TPSA) is 99.2 Å². The largest absolute Gasteiger partial charge is 0.507 e. The summed E-state index contributed by atoms with van der Waals surface area (Å²) in [5, 5.41) is 18.5. The summed E-state index contributed by atoms with van der Waals surface area (Å²) in [6, 6.07) is 9.70. The zero-order valence-corrected chi connectivity index (χ0v) is 17.1. The van der Waals surface area contributed by atoms with Gasteiger partial charge in [-0.15, -0.1) is 0 Å². The molecule has 0 aliphatic carbocycles. The number of benzene rings is 1. The third-order valence-corrected chi connectivity index (χ3v) is 5.42. The Balaban J connectivity index is 1.89. The Morgan fingerprint density at radius 1 is 1.20 bits per heavy atom. The lowest BCUT2D eigenvalue weighted by molar-refractivity contribution is -0.140. The number of aromatic nitrogens is 3. The van der Waals surface area contributed by atoms with Crippen LogP contribution in [0.3, 0.4) is 0 Å². The van der Waals surface area contributed by atoms with Crippen molar-refractivity contribution < 1.29 is 14.7 Å². The first kappa shape index (κ1) is 19.8. The average molecular weight is 423 g/mol. The van der Waals surface area contributed by atoms with Gasteiger partial charge in [0.25, 0.3) is 11.7 Å². The van der Waals surface area contributed by atoms with Gasteiger partial charge in [0.2, 0.25) is 0 Å². The number of carbonyl (C=O) groups excluding carboxylic acids is 2. The van der Waals surface area contributed by atoms with Crippen molar-refractivity contribution in [2.24, 2.45) is 0 Å². The van der Waals surface area contributed by atoms with Crippen molar-refractivity contribution in [2.75, 3.05) is 0 Å². The van der Waals surface area contributed by atoms with Crippen molar-refractivity contribution in [3.63, 3.8) is 0 Å². The van der Waals surface area contributed by atoms with Gasteiger partial charge >= 0.3 is 0 Å². The Labute approximate surface area is 178 Å². The summed E-state index contributed by atoms with van der Waals surface area (Å²) in [6.07, 6.45) is 3.28. The second kappa shape index (κ2) is 7.76. The second-order valence-electron chi connectivity index (χ2n) is 7.15. The first-order chi connectivity index (χ1) is 14.4. The van der Waals surface area contributed by atoms with E-state index < -0.39 is 17.7 Å². The van der Waals surface area contributed by atoms with Crippen LogP contribution in [0.1, 0.15) is 34.1 Å². The number of nitrogens with zero attached hydrogens (tertiary/aromatic N) is 3. The molecule has 0 saturated carbocycles. The maximum atomic E-state index is 13.0. The highest BCUT2D eigenvalue weighted by Gasteiger charge is 2.46. The fourth-order valence-corrected chi connectivity index (χ4v) is 3.88. The maximum Gasteiger partial charge on any atom is 0.295 e. The number of aromatic amines is 1. The van der Waals surface area contributed by atoms with E-state index >= 15 is 0 Å². The van der Waals surface area contributed by atoms with E-state index in [4.69, 9.17) is 11.6 Å². The Kier molecular flexibility index (Phi) is 5.13. The highest BCUT2D eigenvalue weighted by molar-refractivity contribution is 6.46. The molecule has 1 aliphatic heterocycles. The van der Waals surface area contributed by atoms with Gasteiger partial charge in [0.15, 0.2) is 0 Å². The first-order valence-electron chi connectivity index (χ1n) is 9.33. The zero-order valence-electron chi connectivity index (χ0n) is 16.4. The van der Waals surface area contributed by atoms with Crippen LogP contribution in [-0.2, 0) is 16.1 Å². The standard InChI is InChI=1S/C22H19ClN4O3/c1-12-17(13(2)26-25-12)20(28)18-19(15-5-7-16(23)8-6-15)27(22(30)21(18)29)11-14-4-3-9-24-10-14/h3-10,19,28H,11H2,1-2H3,(H,25,26)/b20-18+/t19-/m1/s1. The highest BCUT2D eigenvalue weighted by Crippen LogP contribution is 2.41. The van der Waals surface area contributed by atoms with Gasteiger partial charge in [-0.2, -0.15) is 5.10 Å². The van der Waals surface area contributed by atoms with Gasteiger partial charge in [-0.3, -0.25) is 19.7 Å². The normalized spacial score (nSPS) is 18.2. The van der Waals surface area contributed by atoms with Gasteiger partial charge in [0.05, 0.1) is 22.9 Å². The van der Waals surface area contributed by atoms with Gasteiger partial charge in [0, 0.05) is 29.7 Å². The van der Waals surface area contributed by atoms with E-state index in [9.17, 15) is 14.7 Å². The number of rotatable bonds is 4. The number of hydrogen-bond donors (Lipinski definition) is 2. The number of aliphatic hydroxyl groups is 1. The number of carbonyl (C=O) groups is 2. The number of halogens is 1. The highest BCUT2D eigenvalue weighted by atomic mass is 35.5. The SMILES string of the molecule is Cc1n[nH]c(C)c1/C(O)=C1\C(=O)C(=O)N(Cc2cccnc2)[C@@H]1c1ccc(Cl)cc1. The number of aliphatic hydroxyl groups excluding tert-OH is 1. The minimum absolute atomic E-state index is 0.0267. The number of amides is 1. The molecule has 0 spiro atoms. The van der Waals surface area contributed by atoms with E-state index in [0.717, 1.165) is 5.56 Å². The van der Waals surface area contributed by atoms with Crippen molar-refractivity contribution in [1.82, 2.24) is 20.1 Å². The minimum Gasteiger partial charge on any atom is -0.507 e. The van der Waals surface area contributed by atoms with Gasteiger partial charge in [0.1, 0.15) is 5.76 Å². The zero-order chi connectivity index (χ0) is 21.4. The molecule has 1 saturated heterocycles.